The van der Waals surface area contributed by atoms with Crippen molar-refractivity contribution in [1.82, 2.24) is 0 Å². The third-order valence-electron chi connectivity index (χ3n) is 3.19. The van der Waals surface area contributed by atoms with Crippen LogP contribution in [0.1, 0.15) is 18.9 Å². The van der Waals surface area contributed by atoms with Gasteiger partial charge in [0.1, 0.15) is 0 Å². The number of nitrogens with one attached hydrogen (secondary N) is 2. The van der Waals surface area contributed by atoms with E-state index < -0.39 is 0 Å². The largest absolute Gasteiger partial charge is 0.384 e. The second kappa shape index (κ2) is 7.84. The van der Waals surface area contributed by atoms with Crippen LogP contribution < -0.4 is 10.6 Å². The fourth-order valence-corrected chi connectivity index (χ4v) is 2.33. The van der Waals surface area contributed by atoms with Gasteiger partial charge in [-0.1, -0.05) is 41.1 Å². The van der Waals surface area contributed by atoms with E-state index in [9.17, 15) is 4.79 Å². The van der Waals surface area contributed by atoms with E-state index in [4.69, 9.17) is 0 Å². The van der Waals surface area contributed by atoms with Crippen molar-refractivity contribution in [2.75, 3.05) is 17.2 Å². The van der Waals surface area contributed by atoms with Crippen molar-refractivity contribution in [3.8, 4) is 0 Å². The molecule has 2 N–H and O–H groups in total. The Morgan fingerprint density at radius 3 is 2.52 bits per heavy atom. The lowest BCUT2D eigenvalue weighted by atomic mass is 10.1. The molecular weight excluding hydrogens is 328 g/mol. The Kier molecular flexibility index (Phi) is 5.81. The van der Waals surface area contributed by atoms with Crippen LogP contribution in [0.25, 0.3) is 0 Å². The smallest absolute Gasteiger partial charge is 0.226 e. The maximum atomic E-state index is 11.9. The molecule has 110 valence electrons. The SMILES string of the molecule is CCc1ccccc1NCCC(=O)Nc1ccc(Br)cc1. The van der Waals surface area contributed by atoms with Gasteiger partial charge in [0.05, 0.1) is 0 Å². The van der Waals surface area contributed by atoms with Crippen LogP contribution in [-0.4, -0.2) is 12.5 Å². The Morgan fingerprint density at radius 2 is 1.81 bits per heavy atom. The maximum absolute atomic E-state index is 11.9. The summed E-state index contributed by atoms with van der Waals surface area (Å²) in [5, 5.41) is 6.21. The molecule has 0 radical (unpaired) electrons. The third kappa shape index (κ3) is 4.90. The van der Waals surface area contributed by atoms with E-state index in [0.717, 1.165) is 22.3 Å². The summed E-state index contributed by atoms with van der Waals surface area (Å²) in [5.74, 6) is 0.0128. The number of halogens is 1. The first-order valence-electron chi connectivity index (χ1n) is 7.06. The lowest BCUT2D eigenvalue weighted by molar-refractivity contribution is -0.115. The summed E-state index contributed by atoms with van der Waals surface area (Å²) in [5.41, 5.74) is 3.19. The maximum Gasteiger partial charge on any atom is 0.226 e. The first kappa shape index (κ1) is 15.6. The van der Waals surface area contributed by atoms with Gasteiger partial charge in [0.2, 0.25) is 5.91 Å². The first-order chi connectivity index (χ1) is 10.2. The highest BCUT2D eigenvalue weighted by Crippen LogP contribution is 2.16. The van der Waals surface area contributed by atoms with Gasteiger partial charge in [-0.05, 0) is 42.3 Å². The Labute approximate surface area is 133 Å². The molecule has 0 bridgehead atoms. The zero-order valence-electron chi connectivity index (χ0n) is 12.0. The molecule has 4 heteroatoms. The predicted octanol–water partition coefficient (Wildman–Crippen LogP) is 4.45. The molecule has 0 unspecified atom stereocenters. The Bertz CT molecular complexity index is 596. The minimum Gasteiger partial charge on any atom is -0.384 e. The highest BCUT2D eigenvalue weighted by atomic mass is 79.9. The molecule has 2 aromatic rings. The monoisotopic (exact) mass is 346 g/mol. The number of hydrogen-bond acceptors (Lipinski definition) is 2. The summed E-state index contributed by atoms with van der Waals surface area (Å²) in [4.78, 5) is 11.9. The standard InChI is InChI=1S/C17H19BrN2O/c1-2-13-5-3-4-6-16(13)19-12-11-17(21)20-15-9-7-14(18)8-10-15/h3-10,19H,2,11-12H2,1H3,(H,20,21). The van der Waals surface area contributed by atoms with E-state index in [1.807, 2.05) is 42.5 Å². The van der Waals surface area contributed by atoms with Gasteiger partial charge in [0.15, 0.2) is 0 Å². The molecule has 1 amide bonds. The minimum atomic E-state index is 0.0128. The third-order valence-corrected chi connectivity index (χ3v) is 3.72. The fourth-order valence-electron chi connectivity index (χ4n) is 2.07. The van der Waals surface area contributed by atoms with Crippen molar-refractivity contribution in [1.29, 1.82) is 0 Å². The number of benzene rings is 2. The molecular formula is C17H19BrN2O. The van der Waals surface area contributed by atoms with E-state index >= 15 is 0 Å². The number of rotatable bonds is 6. The number of anilines is 2. The Hall–Kier alpha value is -1.81. The summed E-state index contributed by atoms with van der Waals surface area (Å²) < 4.78 is 0.998. The normalized spacial score (nSPS) is 10.2. The molecule has 0 fully saturated rings. The van der Waals surface area contributed by atoms with Crippen LogP contribution in [0, 0.1) is 0 Å². The number of carbonyl (C=O) groups excluding carboxylic acids is 1. The van der Waals surface area contributed by atoms with E-state index in [2.05, 4.69) is 39.6 Å². The molecule has 2 rings (SSSR count). The van der Waals surface area contributed by atoms with Gasteiger partial charge in [-0.3, -0.25) is 4.79 Å². The highest BCUT2D eigenvalue weighted by Gasteiger charge is 2.03. The van der Waals surface area contributed by atoms with Crippen LogP contribution in [0.2, 0.25) is 0 Å². The average Bonchev–Trinajstić information content (AvgIpc) is 2.50. The van der Waals surface area contributed by atoms with E-state index in [-0.39, 0.29) is 5.91 Å². The number of para-hydroxylation sites is 1. The van der Waals surface area contributed by atoms with Crippen LogP contribution in [-0.2, 0) is 11.2 Å². The molecule has 0 aliphatic rings. The molecule has 0 aliphatic heterocycles. The van der Waals surface area contributed by atoms with Crippen molar-refractivity contribution in [3.05, 3.63) is 58.6 Å². The van der Waals surface area contributed by atoms with Crippen molar-refractivity contribution in [2.45, 2.75) is 19.8 Å². The zero-order valence-corrected chi connectivity index (χ0v) is 13.6. The topological polar surface area (TPSA) is 41.1 Å². The van der Waals surface area contributed by atoms with Gasteiger partial charge in [-0.2, -0.15) is 0 Å². The summed E-state index contributed by atoms with van der Waals surface area (Å²) in [6.45, 7) is 2.75. The zero-order chi connectivity index (χ0) is 15.1. The molecule has 3 nitrogen and oxygen atoms in total. The molecule has 0 spiro atoms. The van der Waals surface area contributed by atoms with Gasteiger partial charge < -0.3 is 10.6 Å². The van der Waals surface area contributed by atoms with Crippen molar-refractivity contribution >= 4 is 33.2 Å². The highest BCUT2D eigenvalue weighted by molar-refractivity contribution is 9.10. The average molecular weight is 347 g/mol. The Balaban J connectivity index is 1.80. The van der Waals surface area contributed by atoms with Gasteiger partial charge in [-0.25, -0.2) is 0 Å². The number of amides is 1. The summed E-state index contributed by atoms with van der Waals surface area (Å²) in [6, 6.07) is 15.8. The second-order valence-electron chi connectivity index (χ2n) is 4.74. The van der Waals surface area contributed by atoms with Crippen molar-refractivity contribution in [2.24, 2.45) is 0 Å². The van der Waals surface area contributed by atoms with Crippen LogP contribution >= 0.6 is 15.9 Å². The molecule has 21 heavy (non-hydrogen) atoms. The predicted molar refractivity (Wildman–Crippen MR) is 91.7 cm³/mol. The van der Waals surface area contributed by atoms with Gasteiger partial charge in [0, 0.05) is 28.8 Å². The minimum absolute atomic E-state index is 0.0128. The molecule has 2 aromatic carbocycles. The Morgan fingerprint density at radius 1 is 1.10 bits per heavy atom. The van der Waals surface area contributed by atoms with Crippen LogP contribution in [0.15, 0.2) is 53.0 Å². The lowest BCUT2D eigenvalue weighted by Crippen LogP contribution is -2.16. The molecule has 0 saturated heterocycles. The fraction of sp³-hybridized carbons (Fsp3) is 0.235. The van der Waals surface area contributed by atoms with E-state index in [1.54, 1.807) is 0 Å². The first-order valence-corrected chi connectivity index (χ1v) is 7.85. The quantitative estimate of drug-likeness (QED) is 0.810. The number of carbonyl (C=O) groups is 1. The molecule has 0 aliphatic carbocycles. The summed E-state index contributed by atoms with van der Waals surface area (Å²) >= 11 is 3.37. The van der Waals surface area contributed by atoms with Gasteiger partial charge in [0.25, 0.3) is 0 Å². The van der Waals surface area contributed by atoms with Gasteiger partial charge >= 0.3 is 0 Å². The summed E-state index contributed by atoms with van der Waals surface area (Å²) in [7, 11) is 0. The molecule has 0 atom stereocenters. The van der Waals surface area contributed by atoms with Crippen LogP contribution in [0.4, 0.5) is 11.4 Å². The van der Waals surface area contributed by atoms with Crippen LogP contribution in [0.3, 0.4) is 0 Å². The summed E-state index contributed by atoms with van der Waals surface area (Å²) in [6.07, 6.45) is 1.42. The van der Waals surface area contributed by atoms with Crippen molar-refractivity contribution in [3.63, 3.8) is 0 Å². The second-order valence-corrected chi connectivity index (χ2v) is 5.66. The van der Waals surface area contributed by atoms with E-state index in [1.165, 1.54) is 5.56 Å². The van der Waals surface area contributed by atoms with Gasteiger partial charge in [-0.15, -0.1) is 0 Å². The lowest BCUT2D eigenvalue weighted by Gasteiger charge is -2.11. The molecule has 0 aromatic heterocycles. The molecule has 0 heterocycles. The number of aryl methyl sites for hydroxylation is 1. The molecule has 0 saturated carbocycles. The van der Waals surface area contributed by atoms with Crippen LogP contribution in [0.5, 0.6) is 0 Å². The van der Waals surface area contributed by atoms with Crippen molar-refractivity contribution < 1.29 is 4.79 Å². The van der Waals surface area contributed by atoms with E-state index in [0.29, 0.717) is 13.0 Å². The number of hydrogen-bond donors (Lipinski definition) is 2.